The predicted molar refractivity (Wildman–Crippen MR) is 109 cm³/mol. The van der Waals surface area contributed by atoms with Gasteiger partial charge in [0.05, 0.1) is 6.04 Å². The van der Waals surface area contributed by atoms with E-state index in [2.05, 4.69) is 28.6 Å². The summed E-state index contributed by atoms with van der Waals surface area (Å²) in [6.07, 6.45) is 1.88. The molecule has 10 nitrogen and oxygen atoms in total. The molecule has 0 saturated heterocycles. The molecule has 0 spiro atoms. The van der Waals surface area contributed by atoms with Gasteiger partial charge in [0.15, 0.2) is 0 Å². The van der Waals surface area contributed by atoms with E-state index in [1.807, 2.05) is 13.8 Å². The van der Waals surface area contributed by atoms with E-state index in [1.54, 1.807) is 0 Å². The average molecular weight is 420 g/mol. The maximum Gasteiger partial charge on any atom is 0.322 e. The van der Waals surface area contributed by atoms with Crippen LogP contribution in [0.1, 0.15) is 39.5 Å². The first-order valence-corrected chi connectivity index (χ1v) is 9.92. The minimum Gasteiger partial charge on any atom is -0.480 e. The number of carbonyl (C=O) groups is 4. The molecule has 0 rings (SSSR count). The molecule has 28 heavy (non-hydrogen) atoms. The number of carboxylic acids is 1. The Bertz CT molecular complexity index is 532. The Labute approximate surface area is 171 Å². The molecule has 0 saturated carbocycles. The highest BCUT2D eigenvalue weighted by Crippen LogP contribution is 2.08. The molecule has 8 N–H and O–H groups in total. The normalized spacial score (nSPS) is 14.1. The van der Waals surface area contributed by atoms with Gasteiger partial charge in [0.2, 0.25) is 17.7 Å². The third kappa shape index (κ3) is 11.1. The smallest absolute Gasteiger partial charge is 0.322 e. The van der Waals surface area contributed by atoms with Crippen molar-refractivity contribution in [2.45, 2.75) is 57.7 Å². The maximum atomic E-state index is 12.7. The molecule has 0 aromatic heterocycles. The highest BCUT2D eigenvalue weighted by molar-refractivity contribution is 7.80. The molecule has 3 amide bonds. The highest BCUT2D eigenvalue weighted by Gasteiger charge is 2.28. The van der Waals surface area contributed by atoms with Crippen LogP contribution in [0.2, 0.25) is 0 Å². The number of thiol groups is 1. The minimum absolute atomic E-state index is 0.0970. The van der Waals surface area contributed by atoms with Gasteiger partial charge >= 0.3 is 5.97 Å². The number of hydrogen-bond donors (Lipinski definition) is 7. The minimum atomic E-state index is -1.19. The quantitative estimate of drug-likeness (QED) is 0.134. The fraction of sp³-hybridized carbons (Fsp3) is 0.765. The summed E-state index contributed by atoms with van der Waals surface area (Å²) in [5.41, 5.74) is 11.1. The second kappa shape index (κ2) is 14.2. The molecule has 0 bridgehead atoms. The van der Waals surface area contributed by atoms with Crippen LogP contribution in [0.25, 0.3) is 0 Å². The number of hydrogen-bond acceptors (Lipinski definition) is 7. The SMILES string of the molecule is CC(C)CC(NC(=O)C(N)CS)C(=O)NC(CCCCN)C(=O)NCC(=O)O. The summed E-state index contributed by atoms with van der Waals surface area (Å²) in [7, 11) is 0. The molecule has 0 aliphatic heterocycles. The third-order valence-corrected chi connectivity index (χ3v) is 4.26. The molecule has 0 radical (unpaired) electrons. The van der Waals surface area contributed by atoms with Crippen molar-refractivity contribution < 1.29 is 24.3 Å². The van der Waals surface area contributed by atoms with Crippen LogP contribution in [-0.4, -0.2) is 65.8 Å². The zero-order valence-corrected chi connectivity index (χ0v) is 17.3. The van der Waals surface area contributed by atoms with Crippen molar-refractivity contribution in [3.8, 4) is 0 Å². The fourth-order valence-electron chi connectivity index (χ4n) is 2.38. The Morgan fingerprint density at radius 2 is 1.61 bits per heavy atom. The van der Waals surface area contributed by atoms with Crippen molar-refractivity contribution in [1.29, 1.82) is 0 Å². The van der Waals surface area contributed by atoms with E-state index < -0.39 is 48.4 Å². The summed E-state index contributed by atoms with van der Waals surface area (Å²) >= 11 is 3.97. The summed E-state index contributed by atoms with van der Waals surface area (Å²) in [6, 6.07) is -2.66. The Kier molecular flexibility index (Phi) is 13.3. The van der Waals surface area contributed by atoms with Crippen LogP contribution in [-0.2, 0) is 19.2 Å². The Hall–Kier alpha value is -1.85. The number of unbranched alkanes of at least 4 members (excludes halogenated alkanes) is 1. The third-order valence-electron chi connectivity index (χ3n) is 3.87. The van der Waals surface area contributed by atoms with Gasteiger partial charge in [-0.15, -0.1) is 0 Å². The Balaban J connectivity index is 5.15. The van der Waals surface area contributed by atoms with Crippen molar-refractivity contribution in [2.75, 3.05) is 18.8 Å². The van der Waals surface area contributed by atoms with Gasteiger partial charge < -0.3 is 32.5 Å². The average Bonchev–Trinajstić information content (AvgIpc) is 2.63. The van der Waals surface area contributed by atoms with Gasteiger partial charge in [-0.05, 0) is 38.1 Å². The molecule has 11 heteroatoms. The van der Waals surface area contributed by atoms with Crippen LogP contribution < -0.4 is 27.4 Å². The van der Waals surface area contributed by atoms with Crippen molar-refractivity contribution in [3.05, 3.63) is 0 Å². The highest BCUT2D eigenvalue weighted by atomic mass is 32.1. The zero-order chi connectivity index (χ0) is 21.7. The second-order valence-electron chi connectivity index (χ2n) is 6.94. The summed E-state index contributed by atoms with van der Waals surface area (Å²) in [5, 5.41) is 16.2. The van der Waals surface area contributed by atoms with Crippen LogP contribution in [0.5, 0.6) is 0 Å². The van der Waals surface area contributed by atoms with Crippen LogP contribution in [0.3, 0.4) is 0 Å². The molecule has 3 atom stereocenters. The van der Waals surface area contributed by atoms with Gasteiger partial charge in [-0.3, -0.25) is 19.2 Å². The first-order chi connectivity index (χ1) is 13.1. The van der Waals surface area contributed by atoms with E-state index in [0.29, 0.717) is 32.2 Å². The summed E-state index contributed by atoms with van der Waals surface area (Å²) in [4.78, 5) is 47.7. The van der Waals surface area contributed by atoms with Crippen LogP contribution in [0.15, 0.2) is 0 Å². The molecule has 0 fully saturated rings. The van der Waals surface area contributed by atoms with Gasteiger partial charge in [0.25, 0.3) is 0 Å². The van der Waals surface area contributed by atoms with Crippen molar-refractivity contribution >= 4 is 36.3 Å². The summed E-state index contributed by atoms with van der Waals surface area (Å²) in [5.74, 6) is -2.61. The molecular weight excluding hydrogens is 386 g/mol. The second-order valence-corrected chi connectivity index (χ2v) is 7.30. The van der Waals surface area contributed by atoms with Gasteiger partial charge in [0.1, 0.15) is 18.6 Å². The zero-order valence-electron chi connectivity index (χ0n) is 16.4. The summed E-state index contributed by atoms with van der Waals surface area (Å²) in [6.45, 7) is 3.67. The van der Waals surface area contributed by atoms with Crippen LogP contribution >= 0.6 is 12.6 Å². The molecule has 0 aromatic rings. The number of carbonyl (C=O) groups excluding carboxylic acids is 3. The lowest BCUT2D eigenvalue weighted by atomic mass is 10.0. The van der Waals surface area contributed by atoms with Crippen LogP contribution in [0, 0.1) is 5.92 Å². The Morgan fingerprint density at radius 3 is 2.11 bits per heavy atom. The molecular formula is C17H33N5O5S. The molecule has 0 aliphatic carbocycles. The van der Waals surface area contributed by atoms with Crippen molar-refractivity contribution in [2.24, 2.45) is 17.4 Å². The lowest BCUT2D eigenvalue weighted by Crippen LogP contribution is -2.56. The van der Waals surface area contributed by atoms with Crippen molar-refractivity contribution in [1.82, 2.24) is 16.0 Å². The van der Waals surface area contributed by atoms with E-state index in [1.165, 1.54) is 0 Å². The lowest BCUT2D eigenvalue weighted by molar-refractivity contribution is -0.138. The molecule has 0 aliphatic rings. The van der Waals surface area contributed by atoms with Crippen molar-refractivity contribution in [3.63, 3.8) is 0 Å². The van der Waals surface area contributed by atoms with E-state index in [-0.39, 0.29) is 11.7 Å². The predicted octanol–water partition coefficient (Wildman–Crippen LogP) is -1.41. The maximum absolute atomic E-state index is 12.7. The van der Waals surface area contributed by atoms with Gasteiger partial charge in [-0.1, -0.05) is 13.8 Å². The molecule has 3 unspecified atom stereocenters. The van der Waals surface area contributed by atoms with E-state index in [4.69, 9.17) is 16.6 Å². The largest absolute Gasteiger partial charge is 0.480 e. The summed E-state index contributed by atoms with van der Waals surface area (Å²) < 4.78 is 0. The number of amides is 3. The lowest BCUT2D eigenvalue weighted by Gasteiger charge is -2.25. The van der Waals surface area contributed by atoms with Gasteiger partial charge in [-0.25, -0.2) is 0 Å². The standard InChI is InChI=1S/C17H33N5O5S/c1-10(2)7-13(22-15(25)11(19)9-28)17(27)21-12(5-3-4-6-18)16(26)20-8-14(23)24/h10-13,28H,3-9,18-19H2,1-2H3,(H,20,26)(H,21,27)(H,22,25)(H,23,24). The first kappa shape index (κ1) is 26.1. The topological polar surface area (TPSA) is 177 Å². The number of carboxylic acid groups (broad SMARTS) is 1. The Morgan fingerprint density at radius 1 is 1.00 bits per heavy atom. The first-order valence-electron chi connectivity index (χ1n) is 9.29. The molecule has 162 valence electrons. The molecule has 0 aromatic carbocycles. The number of rotatable bonds is 14. The van der Waals surface area contributed by atoms with Gasteiger partial charge in [0, 0.05) is 5.75 Å². The fourth-order valence-corrected chi connectivity index (χ4v) is 2.55. The number of nitrogens with one attached hydrogen (secondary N) is 3. The van der Waals surface area contributed by atoms with E-state index >= 15 is 0 Å². The molecule has 0 heterocycles. The van der Waals surface area contributed by atoms with E-state index in [9.17, 15) is 19.2 Å². The van der Waals surface area contributed by atoms with Gasteiger partial charge in [-0.2, -0.15) is 12.6 Å². The van der Waals surface area contributed by atoms with E-state index in [0.717, 1.165) is 0 Å². The monoisotopic (exact) mass is 419 g/mol. The van der Waals surface area contributed by atoms with Crippen LogP contribution in [0.4, 0.5) is 0 Å². The number of aliphatic carboxylic acids is 1. The number of nitrogens with two attached hydrogens (primary N) is 2.